The Bertz CT molecular complexity index is 1430. The van der Waals surface area contributed by atoms with Gasteiger partial charge in [0.2, 0.25) is 0 Å². The Balaban J connectivity index is 1.59. The Morgan fingerprint density at radius 1 is 0.824 bits per heavy atom. The molecular weight excluding hydrogens is 442 g/mol. The summed E-state index contributed by atoms with van der Waals surface area (Å²) in [5.41, 5.74) is 3.08. The minimum Gasteiger partial charge on any atom is -0.494 e. The third-order valence-electron chi connectivity index (χ3n) is 5.40. The van der Waals surface area contributed by atoms with Gasteiger partial charge in [-0.05, 0) is 62.7 Å². The number of rotatable bonds is 7. The number of nitrogens with zero attached hydrogens (tertiary/aromatic N) is 2. The number of aryl methyl sites for hydroxylation is 2. The van der Waals surface area contributed by atoms with Gasteiger partial charge in [-0.3, -0.25) is 0 Å². The number of nitrogens with one attached hydrogen (secondary N) is 1. The number of para-hydroxylation sites is 3. The summed E-state index contributed by atoms with van der Waals surface area (Å²) in [5.74, 6) is 3.85. The van der Waals surface area contributed by atoms with Crippen LogP contribution in [-0.4, -0.2) is 16.6 Å². The largest absolute Gasteiger partial charge is 0.494 e. The third kappa shape index (κ3) is 4.45. The highest BCUT2D eigenvalue weighted by Gasteiger charge is 2.19. The molecule has 1 N–H and O–H groups in total. The number of hydrogen-bond acceptors (Lipinski definition) is 6. The van der Waals surface area contributed by atoms with E-state index < -0.39 is 0 Å². The second-order valence-corrected chi connectivity index (χ2v) is 9.03. The Morgan fingerprint density at radius 3 is 2.32 bits per heavy atom. The second kappa shape index (κ2) is 9.53. The molecule has 34 heavy (non-hydrogen) atoms. The Hall–Kier alpha value is -3.90. The van der Waals surface area contributed by atoms with Crippen molar-refractivity contribution in [3.63, 3.8) is 0 Å². The molecule has 0 aliphatic rings. The molecule has 5 rings (SSSR count). The lowest BCUT2D eigenvalue weighted by molar-refractivity contribution is 0.340. The molecule has 0 bridgehead atoms. The van der Waals surface area contributed by atoms with Gasteiger partial charge in [0.05, 0.1) is 17.7 Å². The Kier molecular flexibility index (Phi) is 6.14. The number of aromatic nitrogens is 2. The molecule has 0 unspecified atom stereocenters. The van der Waals surface area contributed by atoms with Crippen molar-refractivity contribution in [2.45, 2.75) is 20.8 Å². The summed E-state index contributed by atoms with van der Waals surface area (Å²) in [7, 11) is 0. The van der Waals surface area contributed by atoms with Gasteiger partial charge in [-0.2, -0.15) is 0 Å². The van der Waals surface area contributed by atoms with Gasteiger partial charge >= 0.3 is 0 Å². The molecule has 0 amide bonds. The van der Waals surface area contributed by atoms with Gasteiger partial charge in [0.25, 0.3) is 0 Å². The van der Waals surface area contributed by atoms with Crippen LogP contribution in [0, 0.1) is 13.8 Å². The first-order valence-corrected chi connectivity index (χ1v) is 12.0. The minimum atomic E-state index is 0.644. The first-order chi connectivity index (χ1) is 16.6. The van der Waals surface area contributed by atoms with Crippen molar-refractivity contribution in [1.29, 1.82) is 0 Å². The standard InChI is InChI=1S/C28H25N3O2S/c1-4-32-21-16-14-20(15-17-21)25-18(2)34-28-26(25)27(29-19(3)30-28)31-23-12-8-9-13-24(23)33-22-10-6-5-7-11-22/h5-17H,4H2,1-3H3,(H,29,30,31). The fourth-order valence-corrected chi connectivity index (χ4v) is 5.03. The summed E-state index contributed by atoms with van der Waals surface area (Å²) in [4.78, 5) is 11.7. The third-order valence-corrected chi connectivity index (χ3v) is 6.40. The molecule has 0 spiro atoms. The normalized spacial score (nSPS) is 10.9. The molecule has 0 aliphatic heterocycles. The van der Waals surface area contributed by atoms with Gasteiger partial charge < -0.3 is 14.8 Å². The number of hydrogen-bond donors (Lipinski definition) is 1. The molecule has 0 saturated heterocycles. The number of thiophene rings is 1. The average Bonchev–Trinajstić information content (AvgIpc) is 3.17. The molecule has 0 aliphatic carbocycles. The van der Waals surface area contributed by atoms with Crippen molar-refractivity contribution in [2.75, 3.05) is 11.9 Å². The topological polar surface area (TPSA) is 56.3 Å². The predicted molar refractivity (Wildman–Crippen MR) is 140 cm³/mol. The van der Waals surface area contributed by atoms with Gasteiger partial charge in [0.15, 0.2) is 5.75 Å². The minimum absolute atomic E-state index is 0.644. The molecule has 0 fully saturated rings. The number of fused-ring (bicyclic) bond motifs is 1. The SMILES string of the molecule is CCOc1ccc(-c2c(C)sc3nc(C)nc(Nc4ccccc4Oc4ccccc4)c23)cc1. The average molecular weight is 468 g/mol. The van der Waals surface area contributed by atoms with Gasteiger partial charge in [0, 0.05) is 10.4 Å². The first kappa shape index (κ1) is 21.9. The summed E-state index contributed by atoms with van der Waals surface area (Å²) < 4.78 is 11.8. The molecule has 0 atom stereocenters. The summed E-state index contributed by atoms with van der Waals surface area (Å²) in [5, 5.41) is 4.54. The van der Waals surface area contributed by atoms with Crippen LogP contribution in [-0.2, 0) is 0 Å². The van der Waals surface area contributed by atoms with Crippen LogP contribution in [0.1, 0.15) is 17.6 Å². The second-order valence-electron chi connectivity index (χ2n) is 7.83. The maximum Gasteiger partial charge on any atom is 0.150 e. The van der Waals surface area contributed by atoms with Crippen molar-refractivity contribution < 1.29 is 9.47 Å². The van der Waals surface area contributed by atoms with E-state index in [0.29, 0.717) is 6.61 Å². The fraction of sp³-hybridized carbons (Fsp3) is 0.143. The summed E-state index contributed by atoms with van der Waals surface area (Å²) >= 11 is 1.68. The zero-order valence-corrected chi connectivity index (χ0v) is 20.1. The van der Waals surface area contributed by atoms with Gasteiger partial charge in [-0.1, -0.05) is 42.5 Å². The van der Waals surface area contributed by atoms with E-state index >= 15 is 0 Å². The smallest absolute Gasteiger partial charge is 0.150 e. The molecule has 2 aromatic heterocycles. The Labute approximate surface area is 203 Å². The molecule has 170 valence electrons. The van der Waals surface area contributed by atoms with Crippen LogP contribution in [0.25, 0.3) is 21.3 Å². The molecule has 6 heteroatoms. The van der Waals surface area contributed by atoms with Crippen LogP contribution < -0.4 is 14.8 Å². The maximum absolute atomic E-state index is 6.16. The van der Waals surface area contributed by atoms with Crippen LogP contribution in [0.3, 0.4) is 0 Å². The zero-order valence-electron chi connectivity index (χ0n) is 19.3. The lowest BCUT2D eigenvalue weighted by Gasteiger charge is -2.14. The van der Waals surface area contributed by atoms with Crippen molar-refractivity contribution in [3.05, 3.63) is 89.6 Å². The number of ether oxygens (including phenoxy) is 2. The van der Waals surface area contributed by atoms with Crippen molar-refractivity contribution in [1.82, 2.24) is 9.97 Å². The summed E-state index contributed by atoms with van der Waals surface area (Å²) in [6.45, 7) is 6.68. The molecule has 0 saturated carbocycles. The highest BCUT2D eigenvalue weighted by molar-refractivity contribution is 7.19. The summed E-state index contributed by atoms with van der Waals surface area (Å²) in [6, 6.07) is 25.9. The molecule has 2 heterocycles. The zero-order chi connectivity index (χ0) is 23.5. The lowest BCUT2D eigenvalue weighted by Crippen LogP contribution is -2.00. The quantitative estimate of drug-likeness (QED) is 0.263. The van der Waals surface area contributed by atoms with Gasteiger partial charge in [-0.25, -0.2) is 9.97 Å². The summed E-state index contributed by atoms with van der Waals surface area (Å²) in [6.07, 6.45) is 0. The van der Waals surface area contributed by atoms with Crippen molar-refractivity contribution >= 4 is 33.1 Å². The molecule has 5 aromatic rings. The van der Waals surface area contributed by atoms with Crippen molar-refractivity contribution in [3.8, 4) is 28.4 Å². The van der Waals surface area contributed by atoms with Crippen LogP contribution in [0.4, 0.5) is 11.5 Å². The van der Waals surface area contributed by atoms with E-state index in [1.807, 2.05) is 80.6 Å². The maximum atomic E-state index is 6.16. The van der Waals surface area contributed by atoms with Crippen LogP contribution >= 0.6 is 11.3 Å². The highest BCUT2D eigenvalue weighted by atomic mass is 32.1. The monoisotopic (exact) mass is 467 g/mol. The van der Waals surface area contributed by atoms with E-state index in [1.165, 1.54) is 4.88 Å². The van der Waals surface area contributed by atoms with Gasteiger partial charge in [-0.15, -0.1) is 11.3 Å². The Morgan fingerprint density at radius 2 is 1.56 bits per heavy atom. The van der Waals surface area contributed by atoms with Crippen LogP contribution in [0.15, 0.2) is 78.9 Å². The number of anilines is 2. The fourth-order valence-electron chi connectivity index (χ4n) is 3.94. The number of benzene rings is 3. The van der Waals surface area contributed by atoms with Gasteiger partial charge in [0.1, 0.15) is 28.0 Å². The first-order valence-electron chi connectivity index (χ1n) is 11.2. The highest BCUT2D eigenvalue weighted by Crippen LogP contribution is 2.42. The lowest BCUT2D eigenvalue weighted by atomic mass is 10.0. The van der Waals surface area contributed by atoms with E-state index in [1.54, 1.807) is 11.3 Å². The predicted octanol–water partition coefficient (Wildman–Crippen LogP) is 7.91. The van der Waals surface area contributed by atoms with E-state index in [2.05, 4.69) is 24.4 Å². The van der Waals surface area contributed by atoms with E-state index in [-0.39, 0.29) is 0 Å². The molecule has 0 radical (unpaired) electrons. The van der Waals surface area contributed by atoms with E-state index in [0.717, 1.165) is 55.9 Å². The van der Waals surface area contributed by atoms with E-state index in [9.17, 15) is 0 Å². The van der Waals surface area contributed by atoms with E-state index in [4.69, 9.17) is 19.4 Å². The molecule has 5 nitrogen and oxygen atoms in total. The van der Waals surface area contributed by atoms with Crippen molar-refractivity contribution in [2.24, 2.45) is 0 Å². The van der Waals surface area contributed by atoms with Crippen LogP contribution in [0.2, 0.25) is 0 Å². The molecule has 3 aromatic carbocycles. The van der Waals surface area contributed by atoms with Crippen LogP contribution in [0.5, 0.6) is 17.2 Å². The molecular formula is C28H25N3O2S.